The van der Waals surface area contributed by atoms with Crippen LogP contribution in [0.5, 0.6) is 0 Å². The van der Waals surface area contributed by atoms with Crippen LogP contribution in [0.1, 0.15) is 57.1 Å². The molecule has 0 saturated carbocycles. The van der Waals surface area contributed by atoms with Gasteiger partial charge in [-0.25, -0.2) is 9.78 Å². The number of likely N-dealkylation sites (tertiary alicyclic amines) is 1. The molecule has 1 saturated heterocycles. The van der Waals surface area contributed by atoms with Crippen LogP contribution < -0.4 is 10.6 Å². The highest BCUT2D eigenvalue weighted by atomic mass is 16.6. The third-order valence-electron chi connectivity index (χ3n) is 7.88. The van der Waals surface area contributed by atoms with Gasteiger partial charge in [0.15, 0.2) is 0 Å². The van der Waals surface area contributed by atoms with Crippen LogP contribution in [0.4, 0.5) is 10.5 Å². The van der Waals surface area contributed by atoms with Crippen LogP contribution in [0, 0.1) is 0 Å². The lowest BCUT2D eigenvalue weighted by atomic mass is 10.0. The topological polar surface area (TPSA) is 132 Å². The highest BCUT2D eigenvalue weighted by molar-refractivity contribution is 5.91. The molecule has 5 aromatic rings. The molecule has 1 aliphatic heterocycles. The number of nitrogens with zero attached hydrogens (tertiary/aromatic N) is 2. The summed E-state index contributed by atoms with van der Waals surface area (Å²) in [7, 11) is 0. The Balaban J connectivity index is 1.21. The van der Waals surface area contributed by atoms with Crippen LogP contribution in [0.3, 0.4) is 0 Å². The molecular weight excluding hydrogens is 568 g/mol. The number of nitrogens with one attached hydrogen (secondary N) is 4. The molecule has 10 nitrogen and oxygen atoms in total. The molecule has 0 bridgehead atoms. The fourth-order valence-electron chi connectivity index (χ4n) is 5.82. The lowest BCUT2D eigenvalue weighted by Gasteiger charge is -2.28. The Kier molecular flexibility index (Phi) is 8.37. The average Bonchev–Trinajstić information content (AvgIpc) is 3.79. The number of fused-ring (bicyclic) bond motifs is 1. The van der Waals surface area contributed by atoms with E-state index < -0.39 is 12.1 Å². The number of benzene rings is 3. The van der Waals surface area contributed by atoms with Crippen molar-refractivity contribution >= 4 is 34.5 Å². The number of anilines is 1. The van der Waals surface area contributed by atoms with E-state index in [4.69, 9.17) is 9.72 Å². The van der Waals surface area contributed by atoms with Gasteiger partial charge in [0, 0.05) is 41.3 Å². The monoisotopic (exact) mass is 604 g/mol. The van der Waals surface area contributed by atoms with Crippen molar-refractivity contribution in [3.05, 3.63) is 96.4 Å². The summed E-state index contributed by atoms with van der Waals surface area (Å²) in [6.07, 6.45) is 2.45. The summed E-state index contributed by atoms with van der Waals surface area (Å²) in [5.74, 6) is 0.405. The van der Waals surface area contributed by atoms with Gasteiger partial charge in [-0.1, -0.05) is 48.5 Å². The van der Waals surface area contributed by atoms with Gasteiger partial charge in [-0.3, -0.25) is 9.59 Å². The van der Waals surface area contributed by atoms with E-state index in [2.05, 4.69) is 32.7 Å². The third kappa shape index (κ3) is 6.59. The summed E-state index contributed by atoms with van der Waals surface area (Å²) in [6, 6.07) is 24.1. The summed E-state index contributed by atoms with van der Waals surface area (Å²) >= 11 is 0. The van der Waals surface area contributed by atoms with Crippen LogP contribution in [0.2, 0.25) is 0 Å². The minimum absolute atomic E-state index is 0.104. The Morgan fingerprint density at radius 2 is 1.69 bits per heavy atom. The summed E-state index contributed by atoms with van der Waals surface area (Å²) in [4.78, 5) is 51.3. The van der Waals surface area contributed by atoms with Crippen molar-refractivity contribution in [2.75, 3.05) is 11.9 Å². The lowest BCUT2D eigenvalue weighted by Crippen LogP contribution is -2.43. The fraction of sp³-hybridized carbons (Fsp3) is 0.257. The van der Waals surface area contributed by atoms with E-state index in [0.29, 0.717) is 17.9 Å². The third-order valence-corrected chi connectivity index (χ3v) is 7.88. The smallest absolute Gasteiger partial charge is 0.408 e. The number of ether oxygens (including phenoxy) is 1. The molecular formula is C35H36N6O4. The molecule has 0 unspecified atom stereocenters. The number of carbonyl (C=O) groups is 3. The maximum Gasteiger partial charge on any atom is 0.408 e. The fourth-order valence-corrected chi connectivity index (χ4v) is 5.82. The Morgan fingerprint density at radius 3 is 2.42 bits per heavy atom. The van der Waals surface area contributed by atoms with E-state index in [-0.39, 0.29) is 24.0 Å². The molecule has 2 aromatic heterocycles. The molecule has 1 fully saturated rings. The van der Waals surface area contributed by atoms with Gasteiger partial charge in [-0.2, -0.15) is 0 Å². The van der Waals surface area contributed by atoms with Crippen molar-refractivity contribution in [2.24, 2.45) is 0 Å². The number of imidazole rings is 1. The molecule has 45 heavy (non-hydrogen) atoms. The van der Waals surface area contributed by atoms with E-state index in [1.165, 1.54) is 6.92 Å². The minimum Gasteiger partial charge on any atom is -0.447 e. The van der Waals surface area contributed by atoms with E-state index in [9.17, 15) is 14.4 Å². The molecule has 3 aromatic carbocycles. The van der Waals surface area contributed by atoms with Crippen LogP contribution in [0.25, 0.3) is 33.4 Å². The predicted molar refractivity (Wildman–Crippen MR) is 173 cm³/mol. The number of hydrogen-bond donors (Lipinski definition) is 4. The summed E-state index contributed by atoms with van der Waals surface area (Å²) in [5.41, 5.74) is 6.26. The second-order valence-electron chi connectivity index (χ2n) is 11.6. The molecule has 10 heteroatoms. The van der Waals surface area contributed by atoms with Crippen LogP contribution in [-0.4, -0.2) is 50.4 Å². The largest absolute Gasteiger partial charge is 0.447 e. The maximum atomic E-state index is 14.0. The molecule has 1 aliphatic rings. The molecule has 0 spiro atoms. The maximum absolute atomic E-state index is 14.0. The van der Waals surface area contributed by atoms with Gasteiger partial charge in [0.2, 0.25) is 5.91 Å². The van der Waals surface area contributed by atoms with Crippen molar-refractivity contribution in [3.8, 4) is 22.5 Å². The first-order valence-corrected chi connectivity index (χ1v) is 15.1. The zero-order valence-electron chi connectivity index (χ0n) is 25.5. The van der Waals surface area contributed by atoms with Gasteiger partial charge in [0.25, 0.3) is 5.91 Å². The molecule has 230 valence electrons. The van der Waals surface area contributed by atoms with Gasteiger partial charge >= 0.3 is 6.09 Å². The molecule has 0 radical (unpaired) electrons. The molecule has 3 amide bonds. The zero-order chi connectivity index (χ0) is 31.5. The lowest BCUT2D eigenvalue weighted by molar-refractivity contribution is -0.134. The highest BCUT2D eigenvalue weighted by Gasteiger charge is 2.37. The number of aromatic nitrogens is 3. The normalized spacial score (nSPS) is 15.3. The first-order chi connectivity index (χ1) is 21.7. The molecule has 2 atom stereocenters. The Bertz CT molecular complexity index is 1830. The number of amides is 3. The molecule has 3 heterocycles. The van der Waals surface area contributed by atoms with Crippen LogP contribution in [-0.2, 0) is 14.3 Å². The van der Waals surface area contributed by atoms with Gasteiger partial charge < -0.3 is 30.2 Å². The first kappa shape index (κ1) is 29.7. The van der Waals surface area contributed by atoms with Crippen molar-refractivity contribution in [1.82, 2.24) is 25.2 Å². The van der Waals surface area contributed by atoms with Crippen LogP contribution in [0.15, 0.2) is 85.1 Å². The van der Waals surface area contributed by atoms with Crippen molar-refractivity contribution < 1.29 is 19.1 Å². The second kappa shape index (κ2) is 12.7. The van der Waals surface area contributed by atoms with E-state index in [1.54, 1.807) is 24.9 Å². The van der Waals surface area contributed by atoms with Crippen LogP contribution >= 0.6 is 0 Å². The predicted octanol–water partition coefficient (Wildman–Crippen LogP) is 6.72. The van der Waals surface area contributed by atoms with Crippen molar-refractivity contribution in [1.29, 1.82) is 0 Å². The highest BCUT2D eigenvalue weighted by Crippen LogP contribution is 2.35. The summed E-state index contributed by atoms with van der Waals surface area (Å²) in [5, 5.41) is 6.62. The number of aromatic amines is 2. The molecule has 4 N–H and O–H groups in total. The summed E-state index contributed by atoms with van der Waals surface area (Å²) < 4.78 is 5.30. The van der Waals surface area contributed by atoms with Gasteiger partial charge in [0.1, 0.15) is 11.9 Å². The minimum atomic E-state index is -0.876. The first-order valence-electron chi connectivity index (χ1n) is 15.1. The van der Waals surface area contributed by atoms with E-state index in [1.807, 2.05) is 66.7 Å². The van der Waals surface area contributed by atoms with Crippen molar-refractivity contribution in [3.63, 3.8) is 0 Å². The number of H-pyrrole nitrogens is 2. The Labute approximate surface area is 261 Å². The number of carbonyl (C=O) groups excluding carboxylic acids is 3. The average molecular weight is 605 g/mol. The summed E-state index contributed by atoms with van der Waals surface area (Å²) in [6.45, 7) is 5.59. The van der Waals surface area contributed by atoms with E-state index >= 15 is 0 Å². The Hall–Kier alpha value is -5.38. The standard InChI is InChI=1S/C35H36N6O4/c1-21(2)45-35(44)40-32(24-8-5-4-6-9-24)34(43)41-17-7-10-31(41)33-36-20-30(39-33)25-13-16-28-26(18-25)19-29(38-28)23-11-14-27(15-12-23)37-22(3)42/h4-6,8-9,11-16,18-21,31-32,38H,7,10,17H2,1-3H3,(H,36,39)(H,37,42)(H,40,44)/t31-,32+/m0/s1. The number of alkyl carbamates (subject to hydrolysis) is 1. The molecule has 0 aliphatic carbocycles. The zero-order valence-corrected chi connectivity index (χ0v) is 25.5. The second-order valence-corrected chi connectivity index (χ2v) is 11.6. The number of hydrogen-bond acceptors (Lipinski definition) is 5. The van der Waals surface area contributed by atoms with E-state index in [0.717, 1.165) is 51.9 Å². The SMILES string of the molecule is CC(=O)Nc1ccc(-c2cc3cc(-c4cnc([C@@H]5CCCN5C(=O)[C@H](NC(=O)OC(C)C)c5ccccc5)[nH]4)ccc3[nH]2)cc1. The van der Waals surface area contributed by atoms with Crippen molar-refractivity contribution in [2.45, 2.75) is 51.8 Å². The molecule has 6 rings (SSSR count). The van der Waals surface area contributed by atoms with Gasteiger partial charge in [-0.05, 0) is 68.1 Å². The van der Waals surface area contributed by atoms with Gasteiger partial charge in [0.05, 0.1) is 24.0 Å². The number of rotatable bonds is 8. The quantitative estimate of drug-likeness (QED) is 0.156. The van der Waals surface area contributed by atoms with Gasteiger partial charge in [-0.15, -0.1) is 0 Å². The Morgan fingerprint density at radius 1 is 0.933 bits per heavy atom.